The summed E-state index contributed by atoms with van der Waals surface area (Å²) in [6.07, 6.45) is 9.17. The Morgan fingerprint density at radius 1 is 0.950 bits per heavy atom. The van der Waals surface area contributed by atoms with E-state index in [0.29, 0.717) is 5.54 Å². The van der Waals surface area contributed by atoms with Gasteiger partial charge in [-0.05, 0) is 25.3 Å². The van der Waals surface area contributed by atoms with Crippen molar-refractivity contribution in [2.75, 3.05) is 29.4 Å². The van der Waals surface area contributed by atoms with E-state index in [1.54, 1.807) is 11.3 Å². The number of hydrogen-bond acceptors (Lipinski definition) is 6. The Bertz CT molecular complexity index is 563. The molecule has 2 aliphatic heterocycles. The molecule has 104 valence electrons. The number of aromatic nitrogens is 3. The zero-order valence-electron chi connectivity index (χ0n) is 11.3. The lowest BCUT2D eigenvalue weighted by atomic mass is 9.77. The van der Waals surface area contributed by atoms with Crippen LogP contribution >= 0.6 is 11.3 Å². The van der Waals surface area contributed by atoms with Crippen LogP contribution in [0.3, 0.4) is 0 Å². The largest absolute Gasteiger partial charge is 0.342 e. The molecule has 4 heterocycles. The molecule has 0 amide bonds. The van der Waals surface area contributed by atoms with Gasteiger partial charge in [0, 0.05) is 49.1 Å². The van der Waals surface area contributed by atoms with Crippen LogP contribution in [0.25, 0.3) is 0 Å². The molecule has 2 aromatic heterocycles. The summed E-state index contributed by atoms with van der Waals surface area (Å²) in [4.78, 5) is 18.0. The summed E-state index contributed by atoms with van der Waals surface area (Å²) in [6, 6.07) is 1.87. The second-order valence-corrected chi connectivity index (χ2v) is 6.35. The Morgan fingerprint density at radius 3 is 2.30 bits per heavy atom. The van der Waals surface area contributed by atoms with E-state index in [4.69, 9.17) is 0 Å². The van der Waals surface area contributed by atoms with E-state index in [1.807, 2.05) is 24.7 Å². The van der Waals surface area contributed by atoms with Crippen LogP contribution in [-0.4, -0.2) is 40.1 Å². The van der Waals surface area contributed by atoms with Crippen LogP contribution in [0.1, 0.15) is 19.3 Å². The number of piperidine rings is 1. The standard InChI is InChI=1S/C14H17N5S/c1-5-15-12(16-6-1)18-8-2-14(3-9-18)4-10-19(14)13-17-7-11-20-13/h1,5-7,11H,2-4,8-10H2. The molecule has 0 atom stereocenters. The molecule has 0 unspecified atom stereocenters. The van der Waals surface area contributed by atoms with Crippen molar-refractivity contribution in [2.24, 2.45) is 0 Å². The minimum Gasteiger partial charge on any atom is -0.342 e. The SMILES string of the molecule is c1cnc(N2CCC3(CC2)CCN3c2nccs2)nc1. The zero-order chi connectivity index (χ0) is 13.4. The Morgan fingerprint density at radius 2 is 1.70 bits per heavy atom. The van der Waals surface area contributed by atoms with Gasteiger partial charge in [0.05, 0.1) is 0 Å². The van der Waals surface area contributed by atoms with Gasteiger partial charge < -0.3 is 9.80 Å². The molecule has 4 rings (SSSR count). The lowest BCUT2D eigenvalue weighted by Gasteiger charge is -2.56. The van der Waals surface area contributed by atoms with Crippen LogP contribution < -0.4 is 9.80 Å². The highest BCUT2D eigenvalue weighted by atomic mass is 32.1. The summed E-state index contributed by atoms with van der Waals surface area (Å²) in [5.74, 6) is 0.863. The Hall–Kier alpha value is -1.69. The summed E-state index contributed by atoms with van der Waals surface area (Å²) in [6.45, 7) is 3.22. The van der Waals surface area contributed by atoms with Crippen LogP contribution in [0, 0.1) is 0 Å². The van der Waals surface area contributed by atoms with Gasteiger partial charge in [0.2, 0.25) is 5.95 Å². The molecule has 6 heteroatoms. The molecule has 0 saturated carbocycles. The van der Waals surface area contributed by atoms with Gasteiger partial charge in [-0.25, -0.2) is 15.0 Å². The fourth-order valence-electron chi connectivity index (χ4n) is 3.28. The molecule has 0 bridgehead atoms. The van der Waals surface area contributed by atoms with Gasteiger partial charge in [-0.1, -0.05) is 0 Å². The molecule has 2 aliphatic rings. The van der Waals surface area contributed by atoms with Crippen LogP contribution in [0.5, 0.6) is 0 Å². The van der Waals surface area contributed by atoms with E-state index >= 15 is 0 Å². The van der Waals surface area contributed by atoms with E-state index in [2.05, 4.69) is 30.1 Å². The third-order valence-corrected chi connectivity index (χ3v) is 5.35. The average molecular weight is 287 g/mol. The lowest BCUT2D eigenvalue weighted by Crippen LogP contribution is -2.64. The van der Waals surface area contributed by atoms with Crippen molar-refractivity contribution >= 4 is 22.4 Å². The summed E-state index contributed by atoms with van der Waals surface area (Å²) in [5, 5.41) is 3.24. The number of thiazole rings is 1. The minimum absolute atomic E-state index is 0.336. The highest BCUT2D eigenvalue weighted by Gasteiger charge is 2.47. The molecule has 0 aromatic carbocycles. The summed E-state index contributed by atoms with van der Waals surface area (Å²) < 4.78 is 0. The Balaban J connectivity index is 1.47. The van der Waals surface area contributed by atoms with Crippen molar-refractivity contribution in [1.82, 2.24) is 15.0 Å². The molecule has 0 radical (unpaired) electrons. The average Bonchev–Trinajstić information content (AvgIpc) is 3.01. The number of anilines is 2. The zero-order valence-corrected chi connectivity index (χ0v) is 12.1. The van der Waals surface area contributed by atoms with Gasteiger partial charge in [-0.2, -0.15) is 0 Å². The first-order chi connectivity index (χ1) is 9.87. The molecule has 2 saturated heterocycles. The molecular weight excluding hydrogens is 270 g/mol. The van der Waals surface area contributed by atoms with E-state index in [-0.39, 0.29) is 0 Å². The van der Waals surface area contributed by atoms with Crippen LogP contribution in [0.2, 0.25) is 0 Å². The molecule has 1 spiro atoms. The first-order valence-electron chi connectivity index (χ1n) is 7.07. The fraction of sp³-hybridized carbons (Fsp3) is 0.500. The van der Waals surface area contributed by atoms with Crippen molar-refractivity contribution in [3.05, 3.63) is 30.0 Å². The van der Waals surface area contributed by atoms with Crippen LogP contribution in [-0.2, 0) is 0 Å². The van der Waals surface area contributed by atoms with Crippen LogP contribution in [0.4, 0.5) is 11.1 Å². The maximum atomic E-state index is 4.47. The molecule has 2 aromatic rings. The maximum Gasteiger partial charge on any atom is 0.225 e. The number of nitrogens with zero attached hydrogens (tertiary/aromatic N) is 5. The first kappa shape index (κ1) is 12.1. The first-order valence-corrected chi connectivity index (χ1v) is 7.95. The van der Waals surface area contributed by atoms with Gasteiger partial charge >= 0.3 is 0 Å². The summed E-state index contributed by atoms with van der Waals surface area (Å²) >= 11 is 1.75. The third-order valence-electron chi connectivity index (χ3n) is 4.55. The van der Waals surface area contributed by atoms with Crippen LogP contribution in [0.15, 0.2) is 30.0 Å². The van der Waals surface area contributed by atoms with Gasteiger partial charge in [-0.15, -0.1) is 11.3 Å². The molecule has 0 N–H and O–H groups in total. The molecular formula is C14H17N5S. The maximum absolute atomic E-state index is 4.47. The molecule has 2 fully saturated rings. The quantitative estimate of drug-likeness (QED) is 0.847. The topological polar surface area (TPSA) is 45.2 Å². The second-order valence-electron chi connectivity index (χ2n) is 5.48. The molecule has 5 nitrogen and oxygen atoms in total. The fourth-order valence-corrected chi connectivity index (χ4v) is 4.06. The van der Waals surface area contributed by atoms with E-state index in [1.165, 1.54) is 24.4 Å². The highest BCUT2D eigenvalue weighted by Crippen LogP contribution is 2.43. The van der Waals surface area contributed by atoms with Gasteiger partial charge in [0.15, 0.2) is 5.13 Å². The van der Waals surface area contributed by atoms with E-state index in [0.717, 1.165) is 25.6 Å². The summed E-state index contributed by atoms with van der Waals surface area (Å²) in [7, 11) is 0. The van der Waals surface area contributed by atoms with Crippen molar-refractivity contribution in [3.63, 3.8) is 0 Å². The van der Waals surface area contributed by atoms with Crippen molar-refractivity contribution in [3.8, 4) is 0 Å². The molecule has 0 aliphatic carbocycles. The lowest BCUT2D eigenvalue weighted by molar-refractivity contribution is 0.218. The predicted octanol–water partition coefficient (Wildman–Crippen LogP) is 2.18. The summed E-state index contributed by atoms with van der Waals surface area (Å²) in [5.41, 5.74) is 0.336. The normalized spacial score (nSPS) is 21.0. The minimum atomic E-state index is 0.336. The van der Waals surface area contributed by atoms with E-state index in [9.17, 15) is 0 Å². The highest BCUT2D eigenvalue weighted by molar-refractivity contribution is 7.13. The predicted molar refractivity (Wildman–Crippen MR) is 80.3 cm³/mol. The number of hydrogen-bond donors (Lipinski definition) is 0. The third kappa shape index (κ3) is 1.86. The van der Waals surface area contributed by atoms with Gasteiger partial charge in [-0.3, -0.25) is 0 Å². The van der Waals surface area contributed by atoms with Crippen molar-refractivity contribution in [1.29, 1.82) is 0 Å². The smallest absolute Gasteiger partial charge is 0.225 e. The van der Waals surface area contributed by atoms with Crippen molar-refractivity contribution in [2.45, 2.75) is 24.8 Å². The van der Waals surface area contributed by atoms with Gasteiger partial charge in [0.1, 0.15) is 0 Å². The Labute approximate surface area is 122 Å². The Kier molecular flexibility index (Phi) is 2.84. The van der Waals surface area contributed by atoms with Crippen molar-refractivity contribution < 1.29 is 0 Å². The molecule has 20 heavy (non-hydrogen) atoms. The van der Waals surface area contributed by atoms with E-state index < -0.39 is 0 Å². The van der Waals surface area contributed by atoms with Gasteiger partial charge in [0.25, 0.3) is 0 Å². The monoisotopic (exact) mass is 287 g/mol. The number of rotatable bonds is 2. The second kappa shape index (κ2) is 4.70.